The molecule has 0 bridgehead atoms. The molecule has 1 aromatic carbocycles. The van der Waals surface area contributed by atoms with Crippen molar-refractivity contribution in [1.82, 2.24) is 0 Å². The van der Waals surface area contributed by atoms with Crippen molar-refractivity contribution < 1.29 is 9.90 Å². The number of aryl methyl sites for hydroxylation is 2. The molecule has 1 aromatic rings. The monoisotopic (exact) mass is 178 g/mol. The normalized spacial score (nSPS) is 10.0. The summed E-state index contributed by atoms with van der Waals surface area (Å²) in [7, 11) is 0. The topological polar surface area (TPSA) is 37.3 Å². The molecular weight excluding hydrogens is 164 g/mol. The van der Waals surface area contributed by atoms with E-state index in [1.807, 2.05) is 26.0 Å². The maximum atomic E-state index is 10.8. The Labute approximate surface area is 78.2 Å². The van der Waals surface area contributed by atoms with Crippen molar-refractivity contribution in [3.05, 3.63) is 34.9 Å². The third-order valence-corrected chi connectivity index (χ3v) is 2.19. The van der Waals surface area contributed by atoms with E-state index in [2.05, 4.69) is 0 Å². The number of benzene rings is 1. The number of rotatable bonds is 3. The van der Waals surface area contributed by atoms with Crippen LogP contribution in [-0.4, -0.2) is 11.1 Å². The first-order valence-corrected chi connectivity index (χ1v) is 4.54. The third kappa shape index (κ3) is 2.08. The fourth-order valence-corrected chi connectivity index (χ4v) is 1.35. The standard InChI is InChI=1S/C11H14O2/c1-3-8-5-6-9(4-2)10(7-8)11(12)13/h5-7H,3-4H2,1-2H3,(H,12,13). The maximum Gasteiger partial charge on any atom is 0.335 e. The Balaban J connectivity index is 3.18. The molecule has 0 aliphatic heterocycles. The van der Waals surface area contributed by atoms with Crippen LogP contribution in [0.4, 0.5) is 0 Å². The van der Waals surface area contributed by atoms with Crippen molar-refractivity contribution in [2.45, 2.75) is 26.7 Å². The largest absolute Gasteiger partial charge is 0.478 e. The van der Waals surface area contributed by atoms with E-state index in [-0.39, 0.29) is 0 Å². The number of aromatic carboxylic acids is 1. The zero-order valence-corrected chi connectivity index (χ0v) is 8.00. The van der Waals surface area contributed by atoms with E-state index in [0.29, 0.717) is 5.56 Å². The summed E-state index contributed by atoms with van der Waals surface area (Å²) in [4.78, 5) is 10.8. The Hall–Kier alpha value is -1.31. The van der Waals surface area contributed by atoms with Crippen LogP contribution in [0.5, 0.6) is 0 Å². The Morgan fingerprint density at radius 1 is 1.31 bits per heavy atom. The molecule has 0 radical (unpaired) electrons. The van der Waals surface area contributed by atoms with Gasteiger partial charge in [-0.3, -0.25) is 0 Å². The van der Waals surface area contributed by atoms with Gasteiger partial charge in [0, 0.05) is 0 Å². The lowest BCUT2D eigenvalue weighted by Gasteiger charge is -2.05. The van der Waals surface area contributed by atoms with Gasteiger partial charge in [0.05, 0.1) is 5.56 Å². The molecule has 0 fully saturated rings. The van der Waals surface area contributed by atoms with E-state index in [1.54, 1.807) is 6.07 Å². The van der Waals surface area contributed by atoms with Crippen molar-refractivity contribution >= 4 is 5.97 Å². The van der Waals surface area contributed by atoms with Crippen LogP contribution < -0.4 is 0 Å². The molecule has 0 aromatic heterocycles. The van der Waals surface area contributed by atoms with Gasteiger partial charge < -0.3 is 5.11 Å². The van der Waals surface area contributed by atoms with Crippen LogP contribution in [0.2, 0.25) is 0 Å². The molecule has 0 amide bonds. The van der Waals surface area contributed by atoms with Gasteiger partial charge in [0.1, 0.15) is 0 Å². The lowest BCUT2D eigenvalue weighted by Crippen LogP contribution is -2.02. The van der Waals surface area contributed by atoms with Crippen LogP contribution in [0.3, 0.4) is 0 Å². The van der Waals surface area contributed by atoms with Gasteiger partial charge in [0.2, 0.25) is 0 Å². The molecule has 0 aliphatic rings. The van der Waals surface area contributed by atoms with Gasteiger partial charge in [-0.1, -0.05) is 26.0 Å². The Morgan fingerprint density at radius 2 is 2.00 bits per heavy atom. The molecule has 2 heteroatoms. The molecular formula is C11H14O2. The fraction of sp³-hybridized carbons (Fsp3) is 0.364. The zero-order valence-electron chi connectivity index (χ0n) is 8.00. The lowest BCUT2D eigenvalue weighted by atomic mass is 10.0. The second kappa shape index (κ2) is 4.08. The average Bonchev–Trinajstić information content (AvgIpc) is 2.16. The van der Waals surface area contributed by atoms with Crippen molar-refractivity contribution in [2.24, 2.45) is 0 Å². The molecule has 2 nitrogen and oxygen atoms in total. The van der Waals surface area contributed by atoms with Crippen LogP contribution >= 0.6 is 0 Å². The second-order valence-corrected chi connectivity index (χ2v) is 3.00. The fourth-order valence-electron chi connectivity index (χ4n) is 1.35. The minimum atomic E-state index is -0.827. The highest BCUT2D eigenvalue weighted by atomic mass is 16.4. The molecule has 13 heavy (non-hydrogen) atoms. The van der Waals surface area contributed by atoms with Gasteiger partial charge >= 0.3 is 5.97 Å². The first-order chi connectivity index (χ1) is 6.19. The van der Waals surface area contributed by atoms with Gasteiger partial charge in [-0.25, -0.2) is 4.79 Å². The van der Waals surface area contributed by atoms with E-state index >= 15 is 0 Å². The SMILES string of the molecule is CCc1ccc(CC)c(C(=O)O)c1. The van der Waals surface area contributed by atoms with Gasteiger partial charge in [-0.2, -0.15) is 0 Å². The van der Waals surface area contributed by atoms with E-state index in [9.17, 15) is 4.79 Å². The summed E-state index contributed by atoms with van der Waals surface area (Å²) in [5.74, 6) is -0.827. The molecule has 0 unspecified atom stereocenters. The van der Waals surface area contributed by atoms with Crippen molar-refractivity contribution in [3.63, 3.8) is 0 Å². The predicted octanol–water partition coefficient (Wildman–Crippen LogP) is 2.51. The minimum Gasteiger partial charge on any atom is -0.478 e. The van der Waals surface area contributed by atoms with Crippen LogP contribution in [0.25, 0.3) is 0 Å². The average molecular weight is 178 g/mol. The summed E-state index contributed by atoms with van der Waals surface area (Å²) in [5, 5.41) is 8.92. The molecule has 70 valence electrons. The number of hydrogen-bond donors (Lipinski definition) is 1. The van der Waals surface area contributed by atoms with E-state index in [1.165, 1.54) is 0 Å². The summed E-state index contributed by atoms with van der Waals surface area (Å²) < 4.78 is 0. The molecule has 0 heterocycles. The van der Waals surface area contributed by atoms with Crippen molar-refractivity contribution in [2.75, 3.05) is 0 Å². The first kappa shape index (κ1) is 9.78. The quantitative estimate of drug-likeness (QED) is 0.772. The first-order valence-electron chi connectivity index (χ1n) is 4.54. The van der Waals surface area contributed by atoms with Crippen LogP contribution in [-0.2, 0) is 12.8 Å². The summed E-state index contributed by atoms with van der Waals surface area (Å²) in [5.41, 5.74) is 2.43. The number of carbonyl (C=O) groups is 1. The molecule has 0 aliphatic carbocycles. The molecule has 1 rings (SSSR count). The van der Waals surface area contributed by atoms with Gasteiger partial charge in [-0.15, -0.1) is 0 Å². The zero-order chi connectivity index (χ0) is 9.84. The Bertz CT molecular complexity index is 316. The lowest BCUT2D eigenvalue weighted by molar-refractivity contribution is 0.0695. The Morgan fingerprint density at radius 3 is 2.46 bits per heavy atom. The van der Waals surface area contributed by atoms with Crippen molar-refractivity contribution in [3.8, 4) is 0 Å². The molecule has 0 saturated heterocycles. The predicted molar refractivity (Wildman–Crippen MR) is 52.2 cm³/mol. The maximum absolute atomic E-state index is 10.8. The third-order valence-electron chi connectivity index (χ3n) is 2.19. The highest BCUT2D eigenvalue weighted by Gasteiger charge is 2.08. The highest BCUT2D eigenvalue weighted by Crippen LogP contribution is 2.13. The molecule has 0 atom stereocenters. The molecule has 0 saturated carbocycles. The Kier molecular flexibility index (Phi) is 3.07. The summed E-state index contributed by atoms with van der Waals surface area (Å²) in [6, 6.07) is 5.66. The van der Waals surface area contributed by atoms with Crippen LogP contribution in [0.1, 0.15) is 35.3 Å². The van der Waals surface area contributed by atoms with Crippen molar-refractivity contribution in [1.29, 1.82) is 0 Å². The summed E-state index contributed by atoms with van der Waals surface area (Å²) >= 11 is 0. The summed E-state index contributed by atoms with van der Waals surface area (Å²) in [6.07, 6.45) is 1.65. The number of carboxylic acid groups (broad SMARTS) is 1. The van der Waals surface area contributed by atoms with Gasteiger partial charge in [0.25, 0.3) is 0 Å². The van der Waals surface area contributed by atoms with E-state index < -0.39 is 5.97 Å². The molecule has 1 N–H and O–H groups in total. The van der Waals surface area contributed by atoms with E-state index in [4.69, 9.17) is 5.11 Å². The second-order valence-electron chi connectivity index (χ2n) is 3.00. The van der Waals surface area contributed by atoms with E-state index in [0.717, 1.165) is 24.0 Å². The van der Waals surface area contributed by atoms with Gasteiger partial charge in [0.15, 0.2) is 0 Å². The highest BCUT2D eigenvalue weighted by molar-refractivity contribution is 5.89. The summed E-state index contributed by atoms with van der Waals surface area (Å²) in [6.45, 7) is 3.99. The smallest absolute Gasteiger partial charge is 0.335 e. The van der Waals surface area contributed by atoms with Crippen LogP contribution in [0.15, 0.2) is 18.2 Å². The molecule has 0 spiro atoms. The number of carboxylic acids is 1. The van der Waals surface area contributed by atoms with Crippen LogP contribution in [0, 0.1) is 0 Å². The van der Waals surface area contributed by atoms with Gasteiger partial charge in [-0.05, 0) is 30.0 Å². The minimum absolute atomic E-state index is 0.446. The number of hydrogen-bond acceptors (Lipinski definition) is 1.